The fourth-order valence-electron chi connectivity index (χ4n) is 4.66. The monoisotopic (exact) mass is 479 g/mol. The maximum atomic E-state index is 12.1. The number of anilines is 1. The van der Waals surface area contributed by atoms with Crippen molar-refractivity contribution < 1.29 is 4.79 Å². The molecule has 4 heterocycles. The van der Waals surface area contributed by atoms with Crippen molar-refractivity contribution in [1.82, 2.24) is 29.5 Å². The lowest BCUT2D eigenvalue weighted by Crippen LogP contribution is -2.08. The minimum atomic E-state index is -0.243. The number of H-pyrrole nitrogens is 1. The summed E-state index contributed by atoms with van der Waals surface area (Å²) in [5.74, 6) is -0.243. The predicted molar refractivity (Wildman–Crippen MR) is 144 cm³/mol. The average molecular weight is 480 g/mol. The molecule has 0 bridgehead atoms. The molecule has 0 saturated heterocycles. The Morgan fingerprint density at radius 2 is 1.92 bits per heavy atom. The molecule has 0 unspecified atom stereocenters. The summed E-state index contributed by atoms with van der Waals surface area (Å²) in [6, 6.07) is 6.12. The van der Waals surface area contributed by atoms with Crippen LogP contribution in [0, 0.1) is 6.92 Å². The Morgan fingerprint density at radius 3 is 2.58 bits per heavy atom. The molecule has 0 saturated carbocycles. The summed E-state index contributed by atoms with van der Waals surface area (Å²) >= 11 is 0. The first-order valence-corrected chi connectivity index (χ1v) is 12.0. The van der Waals surface area contributed by atoms with Crippen molar-refractivity contribution in [3.63, 3.8) is 0 Å². The fourth-order valence-corrected chi connectivity index (χ4v) is 4.66. The third-order valence-electron chi connectivity index (χ3n) is 6.51. The van der Waals surface area contributed by atoms with Crippen LogP contribution in [0.3, 0.4) is 0 Å². The lowest BCUT2D eigenvalue weighted by molar-refractivity contribution is -0.111. The highest BCUT2D eigenvalue weighted by atomic mass is 16.1. The second kappa shape index (κ2) is 9.30. The van der Waals surface area contributed by atoms with Crippen LogP contribution in [0.1, 0.15) is 25.0 Å². The van der Waals surface area contributed by atoms with Crippen LogP contribution in [-0.4, -0.2) is 35.4 Å². The van der Waals surface area contributed by atoms with E-state index in [1.165, 1.54) is 11.6 Å². The van der Waals surface area contributed by atoms with Crippen LogP contribution in [-0.2, 0) is 24.8 Å². The van der Waals surface area contributed by atoms with Crippen LogP contribution in [0.2, 0.25) is 0 Å². The first kappa shape index (κ1) is 23.3. The second-order valence-corrected chi connectivity index (χ2v) is 8.81. The highest BCUT2D eigenvalue weighted by Gasteiger charge is 2.22. The molecule has 4 aromatic heterocycles. The number of nitrogens with one attached hydrogen (secondary N) is 2. The molecule has 0 aliphatic heterocycles. The van der Waals surface area contributed by atoms with Crippen molar-refractivity contribution in [1.29, 1.82) is 0 Å². The van der Waals surface area contributed by atoms with Gasteiger partial charge in [-0.15, -0.1) is 0 Å². The number of hydrogen-bond acceptors (Lipinski definition) is 4. The van der Waals surface area contributed by atoms with Gasteiger partial charge < -0.3 is 10.3 Å². The summed E-state index contributed by atoms with van der Waals surface area (Å²) in [5.41, 5.74) is 9.73. The summed E-state index contributed by atoms with van der Waals surface area (Å²) in [7, 11) is 1.90. The first-order chi connectivity index (χ1) is 17.4. The Labute approximate surface area is 209 Å². The fraction of sp³-hybridized carbons (Fsp3) is 0.214. The van der Waals surface area contributed by atoms with Crippen LogP contribution in [0.15, 0.2) is 61.8 Å². The van der Waals surface area contributed by atoms with E-state index < -0.39 is 0 Å². The normalized spacial score (nSPS) is 11.2. The molecule has 0 aliphatic rings. The topological polar surface area (TPSA) is 93.4 Å². The van der Waals surface area contributed by atoms with Gasteiger partial charge in [0.1, 0.15) is 5.65 Å². The molecule has 5 rings (SSSR count). The summed E-state index contributed by atoms with van der Waals surface area (Å²) in [4.78, 5) is 20.5. The molecule has 8 nitrogen and oxygen atoms in total. The number of hydrogen-bond donors (Lipinski definition) is 2. The Balaban J connectivity index is 1.81. The van der Waals surface area contributed by atoms with Crippen molar-refractivity contribution in [3.05, 3.63) is 73.0 Å². The zero-order chi connectivity index (χ0) is 25.4. The van der Waals surface area contributed by atoms with Gasteiger partial charge >= 0.3 is 0 Å². The molecule has 36 heavy (non-hydrogen) atoms. The quantitative estimate of drug-likeness (QED) is 0.301. The maximum absolute atomic E-state index is 12.1. The van der Waals surface area contributed by atoms with Crippen LogP contribution in [0.25, 0.3) is 44.5 Å². The van der Waals surface area contributed by atoms with E-state index in [0.29, 0.717) is 0 Å². The molecule has 1 aromatic carbocycles. The van der Waals surface area contributed by atoms with Crippen LogP contribution < -0.4 is 5.32 Å². The summed E-state index contributed by atoms with van der Waals surface area (Å²) in [6.45, 7) is 10.6. The number of carbonyl (C=O) groups excluding carboxylic acids is 1. The molecule has 8 heteroatoms. The van der Waals surface area contributed by atoms with Gasteiger partial charge in [-0.2, -0.15) is 10.2 Å². The largest absolute Gasteiger partial charge is 0.339 e. The highest BCUT2D eigenvalue weighted by molar-refractivity contribution is 6.07. The molecular formula is C28H29N7O. The summed E-state index contributed by atoms with van der Waals surface area (Å²) in [6.07, 6.45) is 11.8. The van der Waals surface area contributed by atoms with Crippen molar-refractivity contribution in [3.8, 4) is 33.5 Å². The van der Waals surface area contributed by atoms with E-state index in [1.54, 1.807) is 4.68 Å². The van der Waals surface area contributed by atoms with E-state index >= 15 is 0 Å². The van der Waals surface area contributed by atoms with E-state index in [-0.39, 0.29) is 5.91 Å². The Bertz CT molecular complexity index is 1600. The number of carbonyl (C=O) groups is 1. The minimum Gasteiger partial charge on any atom is -0.339 e. The van der Waals surface area contributed by atoms with Gasteiger partial charge in [-0.05, 0) is 49.1 Å². The maximum Gasteiger partial charge on any atom is 0.247 e. The number of aryl methyl sites for hydroxylation is 4. The molecule has 2 N–H and O–H groups in total. The second-order valence-electron chi connectivity index (χ2n) is 8.81. The lowest BCUT2D eigenvalue weighted by Gasteiger charge is -2.13. The molecule has 5 aromatic rings. The van der Waals surface area contributed by atoms with Gasteiger partial charge in [0.15, 0.2) is 0 Å². The molecule has 0 aliphatic carbocycles. The summed E-state index contributed by atoms with van der Waals surface area (Å²) < 4.78 is 3.71. The number of fused-ring (bicyclic) bond motifs is 1. The molecular weight excluding hydrogens is 450 g/mol. The van der Waals surface area contributed by atoms with Gasteiger partial charge in [0, 0.05) is 65.5 Å². The average Bonchev–Trinajstić information content (AvgIpc) is 3.62. The van der Waals surface area contributed by atoms with E-state index in [0.717, 1.165) is 68.8 Å². The number of rotatable bonds is 7. The van der Waals surface area contributed by atoms with Crippen molar-refractivity contribution in [2.75, 3.05) is 5.32 Å². The van der Waals surface area contributed by atoms with Crippen LogP contribution in [0.5, 0.6) is 0 Å². The van der Waals surface area contributed by atoms with Crippen LogP contribution in [0.4, 0.5) is 5.69 Å². The number of aromatic nitrogens is 6. The Kier molecular flexibility index (Phi) is 6.01. The number of benzene rings is 1. The molecule has 1 amide bonds. The molecule has 0 radical (unpaired) electrons. The molecule has 0 atom stereocenters. The first-order valence-electron chi connectivity index (χ1n) is 12.0. The van der Waals surface area contributed by atoms with E-state index in [1.807, 2.05) is 55.6 Å². The molecule has 0 fully saturated rings. The van der Waals surface area contributed by atoms with Crippen molar-refractivity contribution >= 4 is 22.6 Å². The minimum absolute atomic E-state index is 0.243. The van der Waals surface area contributed by atoms with Gasteiger partial charge in [-0.3, -0.25) is 14.2 Å². The zero-order valence-corrected chi connectivity index (χ0v) is 21.0. The standard InChI is InChI=1S/C28H29N7O/c1-6-21-22(19-12-31-35(8-3)16-19)14-29-28-26(21)25(27(33-28)20-13-30-34(5)15-20)18-10-9-17(4)23(11-18)32-24(36)7-2/h7,9-16H,2,6,8H2,1,3-5H3,(H,29,33)(H,32,36). The highest BCUT2D eigenvalue weighted by Crippen LogP contribution is 2.42. The number of pyridine rings is 1. The van der Waals surface area contributed by atoms with Crippen molar-refractivity contribution in [2.24, 2.45) is 7.05 Å². The molecule has 182 valence electrons. The third kappa shape index (κ3) is 4.00. The van der Waals surface area contributed by atoms with Gasteiger partial charge in [-0.25, -0.2) is 4.98 Å². The summed E-state index contributed by atoms with van der Waals surface area (Å²) in [5, 5.41) is 12.9. The number of aromatic amines is 1. The smallest absolute Gasteiger partial charge is 0.247 e. The Hall–Kier alpha value is -4.46. The SMILES string of the molecule is C=CC(=O)Nc1cc(-c2c(-c3cnn(C)c3)[nH]c3ncc(-c4cnn(CC)c4)c(CC)c23)ccc1C. The molecule has 0 spiro atoms. The van der Waals surface area contributed by atoms with Crippen molar-refractivity contribution in [2.45, 2.75) is 33.7 Å². The zero-order valence-electron chi connectivity index (χ0n) is 21.0. The van der Waals surface area contributed by atoms with E-state index in [4.69, 9.17) is 4.98 Å². The van der Waals surface area contributed by atoms with E-state index in [2.05, 4.69) is 53.2 Å². The third-order valence-corrected chi connectivity index (χ3v) is 6.51. The number of amides is 1. The van der Waals surface area contributed by atoms with Gasteiger partial charge in [0.2, 0.25) is 5.91 Å². The Morgan fingerprint density at radius 1 is 1.11 bits per heavy atom. The van der Waals surface area contributed by atoms with Gasteiger partial charge in [-0.1, -0.05) is 25.6 Å². The van der Waals surface area contributed by atoms with E-state index in [9.17, 15) is 4.79 Å². The van der Waals surface area contributed by atoms with Gasteiger partial charge in [0.05, 0.1) is 18.1 Å². The number of nitrogens with zero attached hydrogens (tertiary/aromatic N) is 5. The van der Waals surface area contributed by atoms with Gasteiger partial charge in [0.25, 0.3) is 0 Å². The predicted octanol–water partition coefficient (Wildman–Crippen LogP) is 5.51. The van der Waals surface area contributed by atoms with Crippen LogP contribution >= 0.6 is 0 Å². The lowest BCUT2D eigenvalue weighted by atomic mass is 9.92.